The minimum absolute atomic E-state index is 0.143. The Hall–Kier alpha value is -1.81. The summed E-state index contributed by atoms with van der Waals surface area (Å²) < 4.78 is 1.01. The predicted molar refractivity (Wildman–Crippen MR) is 79.3 cm³/mol. The normalized spacial score (nSPS) is 10.2. The van der Waals surface area contributed by atoms with Crippen LogP contribution < -0.4 is 5.32 Å². The first-order valence-electron chi connectivity index (χ1n) is 5.89. The van der Waals surface area contributed by atoms with Gasteiger partial charge in [-0.2, -0.15) is 0 Å². The molecular formula is C15H14BrNO2. The van der Waals surface area contributed by atoms with Gasteiger partial charge in [-0.3, -0.25) is 4.79 Å². The summed E-state index contributed by atoms with van der Waals surface area (Å²) in [6.45, 7) is 1.96. The van der Waals surface area contributed by atoms with Crippen LogP contribution in [0.5, 0.6) is 5.75 Å². The Balaban J connectivity index is 2.05. The highest BCUT2D eigenvalue weighted by atomic mass is 79.9. The molecule has 0 unspecified atom stereocenters. The van der Waals surface area contributed by atoms with E-state index in [4.69, 9.17) is 0 Å². The fourth-order valence-electron chi connectivity index (χ4n) is 1.76. The highest BCUT2D eigenvalue weighted by Gasteiger charge is 2.08. The lowest BCUT2D eigenvalue weighted by Crippen LogP contribution is -2.14. The minimum Gasteiger partial charge on any atom is -0.508 e. The Bertz CT molecular complexity index is 611. The van der Waals surface area contributed by atoms with Gasteiger partial charge in [-0.25, -0.2) is 0 Å². The van der Waals surface area contributed by atoms with Crippen LogP contribution in [0.15, 0.2) is 46.9 Å². The van der Waals surface area contributed by atoms with Crippen LogP contribution in [-0.2, 0) is 11.2 Å². The maximum atomic E-state index is 11.9. The molecule has 98 valence electrons. The van der Waals surface area contributed by atoms with Crippen LogP contribution in [0.25, 0.3) is 0 Å². The number of aromatic hydroxyl groups is 1. The van der Waals surface area contributed by atoms with Crippen LogP contribution in [-0.4, -0.2) is 11.0 Å². The summed E-state index contributed by atoms with van der Waals surface area (Å²) in [5.41, 5.74) is 2.43. The molecular weight excluding hydrogens is 306 g/mol. The zero-order chi connectivity index (χ0) is 13.8. The largest absolute Gasteiger partial charge is 0.508 e. The Morgan fingerprint density at radius 3 is 2.68 bits per heavy atom. The molecule has 0 saturated carbocycles. The minimum atomic E-state index is -0.150. The van der Waals surface area contributed by atoms with E-state index in [-0.39, 0.29) is 18.1 Å². The summed E-state index contributed by atoms with van der Waals surface area (Å²) in [6, 6.07) is 12.5. The van der Waals surface area contributed by atoms with E-state index in [1.807, 2.05) is 25.1 Å². The zero-order valence-corrected chi connectivity index (χ0v) is 12.1. The number of anilines is 1. The fraction of sp³-hybridized carbons (Fsp3) is 0.133. The molecule has 0 aliphatic rings. The van der Waals surface area contributed by atoms with Gasteiger partial charge >= 0.3 is 0 Å². The van der Waals surface area contributed by atoms with Crippen LogP contribution in [0.4, 0.5) is 5.69 Å². The van der Waals surface area contributed by atoms with E-state index in [0.29, 0.717) is 5.56 Å². The Morgan fingerprint density at radius 1 is 1.26 bits per heavy atom. The van der Waals surface area contributed by atoms with Crippen LogP contribution in [0.1, 0.15) is 11.1 Å². The number of nitrogens with one attached hydrogen (secondary N) is 1. The van der Waals surface area contributed by atoms with Gasteiger partial charge in [0.15, 0.2) is 0 Å². The molecule has 0 fully saturated rings. The number of aryl methyl sites for hydroxylation is 1. The van der Waals surface area contributed by atoms with Gasteiger partial charge in [0.25, 0.3) is 0 Å². The van der Waals surface area contributed by atoms with Crippen molar-refractivity contribution in [3.05, 3.63) is 58.1 Å². The SMILES string of the molecule is Cc1cc(NC(=O)Cc2ccccc2O)ccc1Br. The third-order valence-corrected chi connectivity index (χ3v) is 3.67. The van der Waals surface area contributed by atoms with Gasteiger partial charge in [-0.1, -0.05) is 34.1 Å². The molecule has 3 nitrogen and oxygen atoms in total. The second-order valence-corrected chi connectivity index (χ2v) is 5.17. The standard InChI is InChI=1S/C15H14BrNO2/c1-10-8-12(6-7-13(10)16)17-15(19)9-11-4-2-3-5-14(11)18/h2-8,18H,9H2,1H3,(H,17,19). The molecule has 0 spiro atoms. The molecule has 0 aliphatic carbocycles. The van der Waals surface area contributed by atoms with Crippen LogP contribution >= 0.6 is 15.9 Å². The number of hydrogen-bond donors (Lipinski definition) is 2. The van der Waals surface area contributed by atoms with Gasteiger partial charge in [0.1, 0.15) is 5.75 Å². The van der Waals surface area contributed by atoms with Gasteiger partial charge in [-0.05, 0) is 36.8 Å². The highest BCUT2D eigenvalue weighted by Crippen LogP contribution is 2.21. The van der Waals surface area contributed by atoms with Crippen molar-refractivity contribution in [1.29, 1.82) is 0 Å². The topological polar surface area (TPSA) is 49.3 Å². The Kier molecular flexibility index (Phi) is 4.22. The van der Waals surface area contributed by atoms with Gasteiger partial charge in [0, 0.05) is 15.7 Å². The molecule has 19 heavy (non-hydrogen) atoms. The summed E-state index contributed by atoms with van der Waals surface area (Å²) in [6.07, 6.45) is 0.155. The summed E-state index contributed by atoms with van der Waals surface area (Å²) >= 11 is 3.41. The molecule has 0 bridgehead atoms. The maximum Gasteiger partial charge on any atom is 0.228 e. The van der Waals surface area contributed by atoms with E-state index >= 15 is 0 Å². The Morgan fingerprint density at radius 2 is 2.00 bits per heavy atom. The van der Waals surface area contributed by atoms with Gasteiger partial charge in [0.05, 0.1) is 6.42 Å². The van der Waals surface area contributed by atoms with E-state index in [1.54, 1.807) is 24.3 Å². The molecule has 2 aromatic rings. The molecule has 4 heteroatoms. The number of halogens is 1. The molecule has 0 heterocycles. The van der Waals surface area contributed by atoms with E-state index in [9.17, 15) is 9.90 Å². The smallest absolute Gasteiger partial charge is 0.228 e. The number of carbonyl (C=O) groups excluding carboxylic acids is 1. The van der Waals surface area contributed by atoms with Crippen molar-refractivity contribution in [1.82, 2.24) is 0 Å². The maximum absolute atomic E-state index is 11.9. The number of phenols is 1. The van der Waals surface area contributed by atoms with E-state index in [2.05, 4.69) is 21.2 Å². The number of amides is 1. The van der Waals surface area contributed by atoms with E-state index < -0.39 is 0 Å². The van der Waals surface area contributed by atoms with Crippen molar-refractivity contribution in [2.45, 2.75) is 13.3 Å². The summed E-state index contributed by atoms with van der Waals surface area (Å²) in [5.74, 6) is -0.00661. The first-order valence-corrected chi connectivity index (χ1v) is 6.68. The van der Waals surface area contributed by atoms with Gasteiger partial charge in [0.2, 0.25) is 5.91 Å². The molecule has 0 atom stereocenters. The molecule has 2 N–H and O–H groups in total. The summed E-state index contributed by atoms with van der Waals surface area (Å²) in [5, 5.41) is 12.4. The lowest BCUT2D eigenvalue weighted by molar-refractivity contribution is -0.115. The van der Waals surface area contributed by atoms with Gasteiger partial charge < -0.3 is 10.4 Å². The lowest BCUT2D eigenvalue weighted by atomic mass is 10.1. The molecule has 2 aromatic carbocycles. The van der Waals surface area contributed by atoms with Crippen LogP contribution in [0.2, 0.25) is 0 Å². The van der Waals surface area contributed by atoms with Crippen molar-refractivity contribution in [2.75, 3.05) is 5.32 Å². The molecule has 0 aliphatic heterocycles. The van der Waals surface area contributed by atoms with E-state index in [0.717, 1.165) is 15.7 Å². The number of para-hydroxylation sites is 1. The third-order valence-electron chi connectivity index (χ3n) is 2.78. The summed E-state index contributed by atoms with van der Waals surface area (Å²) in [7, 11) is 0. The number of phenolic OH excluding ortho intramolecular Hbond substituents is 1. The second kappa shape index (κ2) is 5.89. The number of rotatable bonds is 3. The quantitative estimate of drug-likeness (QED) is 0.907. The van der Waals surface area contributed by atoms with Crippen LogP contribution in [0.3, 0.4) is 0 Å². The summed E-state index contributed by atoms with van der Waals surface area (Å²) in [4.78, 5) is 11.9. The van der Waals surface area contributed by atoms with Crippen molar-refractivity contribution < 1.29 is 9.90 Å². The molecule has 0 aromatic heterocycles. The van der Waals surface area contributed by atoms with Gasteiger partial charge in [-0.15, -0.1) is 0 Å². The van der Waals surface area contributed by atoms with E-state index in [1.165, 1.54) is 0 Å². The average molecular weight is 320 g/mol. The van der Waals surface area contributed by atoms with Crippen molar-refractivity contribution >= 4 is 27.5 Å². The zero-order valence-electron chi connectivity index (χ0n) is 10.5. The van der Waals surface area contributed by atoms with Crippen molar-refractivity contribution in [3.8, 4) is 5.75 Å². The highest BCUT2D eigenvalue weighted by molar-refractivity contribution is 9.10. The second-order valence-electron chi connectivity index (χ2n) is 4.32. The first kappa shape index (κ1) is 13.6. The monoisotopic (exact) mass is 319 g/mol. The third kappa shape index (κ3) is 3.58. The Labute approximate surface area is 120 Å². The lowest BCUT2D eigenvalue weighted by Gasteiger charge is -2.08. The number of benzene rings is 2. The molecule has 0 radical (unpaired) electrons. The predicted octanol–water partition coefficient (Wildman–Crippen LogP) is 3.64. The molecule has 2 rings (SSSR count). The first-order chi connectivity index (χ1) is 9.06. The van der Waals surface area contributed by atoms with Crippen LogP contribution in [0, 0.1) is 6.92 Å². The average Bonchev–Trinajstić information content (AvgIpc) is 2.37. The fourth-order valence-corrected chi connectivity index (χ4v) is 2.01. The molecule has 0 saturated heterocycles. The molecule has 1 amide bonds. The van der Waals surface area contributed by atoms with Crippen molar-refractivity contribution in [2.24, 2.45) is 0 Å². The number of carbonyl (C=O) groups is 1. The van der Waals surface area contributed by atoms with Crippen molar-refractivity contribution in [3.63, 3.8) is 0 Å². The number of hydrogen-bond acceptors (Lipinski definition) is 2.